The van der Waals surface area contributed by atoms with Crippen LogP contribution in [-0.2, 0) is 12.8 Å². The highest BCUT2D eigenvalue weighted by atomic mass is 16.3. The van der Waals surface area contributed by atoms with Crippen LogP contribution >= 0.6 is 0 Å². The van der Waals surface area contributed by atoms with Gasteiger partial charge in [0.1, 0.15) is 0 Å². The van der Waals surface area contributed by atoms with Crippen molar-refractivity contribution in [1.82, 2.24) is 5.32 Å². The number of hydrogen-bond acceptors (Lipinski definition) is 2. The fourth-order valence-corrected chi connectivity index (χ4v) is 2.32. The minimum Gasteiger partial charge on any atom is -0.394 e. The molecular formula is C12H17NO. The maximum Gasteiger partial charge on any atom is 0.0626 e. The van der Waals surface area contributed by atoms with E-state index in [1.165, 1.54) is 36.0 Å². The lowest BCUT2D eigenvalue weighted by molar-refractivity contribution is 0.250. The minimum atomic E-state index is 0.100. The first-order valence-electron chi connectivity index (χ1n) is 5.25. The molecule has 0 bridgehead atoms. The van der Waals surface area contributed by atoms with Crippen molar-refractivity contribution in [2.24, 2.45) is 0 Å². The van der Waals surface area contributed by atoms with Crippen molar-refractivity contribution in [3.63, 3.8) is 0 Å². The van der Waals surface area contributed by atoms with E-state index in [2.05, 4.69) is 23.5 Å². The molecule has 2 heteroatoms. The van der Waals surface area contributed by atoms with Crippen LogP contribution in [-0.4, -0.2) is 18.8 Å². The van der Waals surface area contributed by atoms with Gasteiger partial charge >= 0.3 is 0 Å². The topological polar surface area (TPSA) is 32.3 Å². The summed E-state index contributed by atoms with van der Waals surface area (Å²) in [5.41, 5.74) is 4.21. The first-order valence-corrected chi connectivity index (χ1v) is 5.25. The van der Waals surface area contributed by atoms with Crippen LogP contribution in [0.25, 0.3) is 0 Å². The second kappa shape index (κ2) is 4.11. The van der Waals surface area contributed by atoms with Gasteiger partial charge in [0.05, 0.1) is 12.6 Å². The van der Waals surface area contributed by atoms with Crippen molar-refractivity contribution in [2.45, 2.75) is 25.3 Å². The Balaban J connectivity index is 2.38. The summed E-state index contributed by atoms with van der Waals surface area (Å²) >= 11 is 0. The van der Waals surface area contributed by atoms with E-state index in [-0.39, 0.29) is 12.6 Å². The smallest absolute Gasteiger partial charge is 0.0626 e. The summed E-state index contributed by atoms with van der Waals surface area (Å²) in [5, 5.41) is 12.4. The summed E-state index contributed by atoms with van der Waals surface area (Å²) < 4.78 is 0. The third-order valence-corrected chi connectivity index (χ3v) is 3.09. The van der Waals surface area contributed by atoms with E-state index in [4.69, 9.17) is 0 Å². The Labute approximate surface area is 85.0 Å². The maximum atomic E-state index is 9.25. The van der Waals surface area contributed by atoms with E-state index >= 15 is 0 Å². The first-order chi connectivity index (χ1) is 6.86. The van der Waals surface area contributed by atoms with Crippen LogP contribution in [0, 0.1) is 0 Å². The minimum absolute atomic E-state index is 0.100. The summed E-state index contributed by atoms with van der Waals surface area (Å²) in [4.78, 5) is 0. The first kappa shape index (κ1) is 9.69. The highest BCUT2D eigenvalue weighted by Crippen LogP contribution is 2.28. The standard InChI is InChI=1S/C12H17NO/c1-13-12(8-14)11-7-3-5-9-4-2-6-10(9)11/h3,5,7,12-14H,2,4,6,8H2,1H3/t12-/m0/s1. The summed E-state index contributed by atoms with van der Waals surface area (Å²) in [6.07, 6.45) is 3.63. The predicted molar refractivity (Wildman–Crippen MR) is 57.4 cm³/mol. The molecule has 14 heavy (non-hydrogen) atoms. The number of nitrogens with one attached hydrogen (secondary N) is 1. The third-order valence-electron chi connectivity index (χ3n) is 3.09. The predicted octanol–water partition coefficient (Wildman–Crippen LogP) is 1.43. The number of hydrogen-bond donors (Lipinski definition) is 2. The lowest BCUT2D eigenvalue weighted by Crippen LogP contribution is -2.21. The molecule has 76 valence electrons. The van der Waals surface area contributed by atoms with Crippen LogP contribution in [0.3, 0.4) is 0 Å². The lowest BCUT2D eigenvalue weighted by atomic mass is 9.98. The third kappa shape index (κ3) is 1.56. The van der Waals surface area contributed by atoms with Gasteiger partial charge in [-0.15, -0.1) is 0 Å². The number of benzene rings is 1. The Bertz CT molecular complexity index is 318. The van der Waals surface area contributed by atoms with Crippen LogP contribution in [0.1, 0.15) is 29.2 Å². The average Bonchev–Trinajstić information content (AvgIpc) is 2.68. The van der Waals surface area contributed by atoms with Crippen molar-refractivity contribution in [1.29, 1.82) is 0 Å². The highest BCUT2D eigenvalue weighted by Gasteiger charge is 2.18. The van der Waals surface area contributed by atoms with Crippen LogP contribution < -0.4 is 5.32 Å². The van der Waals surface area contributed by atoms with E-state index < -0.39 is 0 Å². The molecule has 2 rings (SSSR count). The van der Waals surface area contributed by atoms with Crippen LogP contribution in [0.15, 0.2) is 18.2 Å². The Morgan fingerprint density at radius 2 is 2.29 bits per heavy atom. The van der Waals surface area contributed by atoms with E-state index in [1.807, 2.05) is 7.05 Å². The van der Waals surface area contributed by atoms with Crippen LogP contribution in [0.5, 0.6) is 0 Å². The Morgan fingerprint density at radius 1 is 1.43 bits per heavy atom. The SMILES string of the molecule is CN[C@@H](CO)c1cccc2c1CCC2. The zero-order chi connectivity index (χ0) is 9.97. The number of aliphatic hydroxyl groups is 1. The van der Waals surface area contributed by atoms with Gasteiger partial charge in [-0.25, -0.2) is 0 Å². The van der Waals surface area contributed by atoms with Crippen molar-refractivity contribution in [3.8, 4) is 0 Å². The molecule has 0 aromatic heterocycles. The number of fused-ring (bicyclic) bond motifs is 1. The summed E-state index contributed by atoms with van der Waals surface area (Å²) in [6.45, 7) is 0.174. The average molecular weight is 191 g/mol. The molecule has 0 radical (unpaired) electrons. The van der Waals surface area contributed by atoms with Crippen molar-refractivity contribution in [2.75, 3.05) is 13.7 Å². The van der Waals surface area contributed by atoms with E-state index in [0.29, 0.717) is 0 Å². The van der Waals surface area contributed by atoms with Gasteiger partial charge in [-0.3, -0.25) is 0 Å². The molecule has 1 atom stereocenters. The van der Waals surface area contributed by atoms with Gasteiger partial charge in [0, 0.05) is 0 Å². The molecule has 2 nitrogen and oxygen atoms in total. The van der Waals surface area contributed by atoms with Gasteiger partial charge in [0.25, 0.3) is 0 Å². The van der Waals surface area contributed by atoms with E-state index in [1.54, 1.807) is 0 Å². The molecule has 0 fully saturated rings. The van der Waals surface area contributed by atoms with Gasteiger partial charge in [-0.1, -0.05) is 18.2 Å². The zero-order valence-corrected chi connectivity index (χ0v) is 8.59. The van der Waals surface area contributed by atoms with Crippen LogP contribution in [0.2, 0.25) is 0 Å². The molecule has 1 aliphatic rings. The number of aliphatic hydroxyl groups excluding tert-OH is 1. The molecule has 0 amide bonds. The second-order valence-electron chi connectivity index (χ2n) is 3.86. The van der Waals surface area contributed by atoms with Crippen molar-refractivity contribution < 1.29 is 5.11 Å². The molecule has 1 aromatic carbocycles. The molecule has 0 saturated heterocycles. The van der Waals surface area contributed by atoms with E-state index in [9.17, 15) is 5.11 Å². The fourth-order valence-electron chi connectivity index (χ4n) is 2.32. The van der Waals surface area contributed by atoms with Gasteiger partial charge in [0.2, 0.25) is 0 Å². The Morgan fingerprint density at radius 3 is 3.00 bits per heavy atom. The lowest BCUT2D eigenvalue weighted by Gasteiger charge is -2.17. The quantitative estimate of drug-likeness (QED) is 0.757. The monoisotopic (exact) mass is 191 g/mol. The second-order valence-corrected chi connectivity index (χ2v) is 3.86. The maximum absolute atomic E-state index is 9.25. The number of likely N-dealkylation sites (N-methyl/N-ethyl adjacent to an activating group) is 1. The molecule has 0 unspecified atom stereocenters. The largest absolute Gasteiger partial charge is 0.394 e. The summed E-state index contributed by atoms with van der Waals surface area (Å²) in [6, 6.07) is 6.53. The van der Waals surface area contributed by atoms with Gasteiger partial charge in [-0.2, -0.15) is 0 Å². The van der Waals surface area contributed by atoms with Gasteiger partial charge < -0.3 is 10.4 Å². The number of aryl methyl sites for hydroxylation is 1. The molecule has 0 saturated carbocycles. The number of rotatable bonds is 3. The zero-order valence-electron chi connectivity index (χ0n) is 8.59. The molecule has 0 heterocycles. The molecule has 1 aromatic rings. The molecule has 0 spiro atoms. The Kier molecular flexibility index (Phi) is 2.85. The molecule has 2 N–H and O–H groups in total. The van der Waals surface area contributed by atoms with Gasteiger partial charge in [0.15, 0.2) is 0 Å². The van der Waals surface area contributed by atoms with Crippen LogP contribution in [0.4, 0.5) is 0 Å². The molecular weight excluding hydrogens is 174 g/mol. The van der Waals surface area contributed by atoms with E-state index in [0.717, 1.165) is 0 Å². The van der Waals surface area contributed by atoms with Gasteiger partial charge in [-0.05, 0) is 43.0 Å². The van der Waals surface area contributed by atoms with Crippen molar-refractivity contribution >= 4 is 0 Å². The molecule has 0 aliphatic heterocycles. The summed E-state index contributed by atoms with van der Waals surface area (Å²) in [5.74, 6) is 0. The van der Waals surface area contributed by atoms with Crippen molar-refractivity contribution in [3.05, 3.63) is 34.9 Å². The highest BCUT2D eigenvalue weighted by molar-refractivity contribution is 5.40. The summed E-state index contributed by atoms with van der Waals surface area (Å²) in [7, 11) is 1.90. The fraction of sp³-hybridized carbons (Fsp3) is 0.500. The Hall–Kier alpha value is -0.860. The molecule has 1 aliphatic carbocycles. The normalized spacial score (nSPS) is 16.7.